The second-order valence-electron chi connectivity index (χ2n) is 8.23. The van der Waals surface area contributed by atoms with E-state index in [9.17, 15) is 4.79 Å². The number of hydrazine groups is 1. The number of aromatic nitrogens is 2. The number of hydrogen-bond donors (Lipinski definition) is 2. The van der Waals surface area contributed by atoms with Crippen LogP contribution in [0.1, 0.15) is 43.7 Å². The van der Waals surface area contributed by atoms with Crippen molar-refractivity contribution in [1.29, 1.82) is 0 Å². The fraction of sp³-hybridized carbons (Fsp3) is 0.500. The Kier molecular flexibility index (Phi) is 5.16. The van der Waals surface area contributed by atoms with Crippen LogP contribution in [-0.2, 0) is 4.79 Å². The van der Waals surface area contributed by atoms with E-state index in [0.29, 0.717) is 17.8 Å². The summed E-state index contributed by atoms with van der Waals surface area (Å²) >= 11 is 0. The maximum absolute atomic E-state index is 13.1. The van der Waals surface area contributed by atoms with E-state index in [-0.39, 0.29) is 17.9 Å². The molecule has 1 aliphatic carbocycles. The molecule has 1 aromatic heterocycles. The number of carbonyl (C=O) groups excluding carboxylic acids is 1. The van der Waals surface area contributed by atoms with Gasteiger partial charge in [-0.15, -0.1) is 0 Å². The molecule has 3 unspecified atom stereocenters. The van der Waals surface area contributed by atoms with Crippen LogP contribution in [0.25, 0.3) is 0 Å². The first-order chi connectivity index (χ1) is 14.3. The molecule has 2 aromatic rings. The van der Waals surface area contributed by atoms with Gasteiger partial charge in [0.2, 0.25) is 11.8 Å². The molecule has 5 rings (SSSR count). The fourth-order valence-corrected chi connectivity index (χ4v) is 4.98. The average Bonchev–Trinajstić information content (AvgIpc) is 3.39. The van der Waals surface area contributed by atoms with Crippen molar-refractivity contribution in [2.75, 3.05) is 13.1 Å². The Morgan fingerprint density at radius 3 is 2.62 bits per heavy atom. The number of ether oxygens (including phenoxy) is 1. The first kappa shape index (κ1) is 18.5. The van der Waals surface area contributed by atoms with Gasteiger partial charge in [0.1, 0.15) is 17.5 Å². The van der Waals surface area contributed by atoms with Crippen LogP contribution >= 0.6 is 0 Å². The summed E-state index contributed by atoms with van der Waals surface area (Å²) in [5.74, 6) is 2.25. The summed E-state index contributed by atoms with van der Waals surface area (Å²) in [6.07, 6.45) is 8.66. The van der Waals surface area contributed by atoms with Crippen molar-refractivity contribution < 1.29 is 9.53 Å². The number of likely N-dealkylation sites (tertiary alicyclic amines) is 1. The van der Waals surface area contributed by atoms with E-state index in [2.05, 4.69) is 20.8 Å². The average molecular weight is 393 g/mol. The zero-order valence-electron chi connectivity index (χ0n) is 16.5. The molecule has 0 bridgehead atoms. The summed E-state index contributed by atoms with van der Waals surface area (Å²) in [6.45, 7) is 1.50. The minimum absolute atomic E-state index is 0.0764. The number of amides is 1. The van der Waals surface area contributed by atoms with Crippen LogP contribution in [0.2, 0.25) is 0 Å². The van der Waals surface area contributed by atoms with E-state index >= 15 is 0 Å². The highest BCUT2D eigenvalue weighted by Gasteiger charge is 2.44. The summed E-state index contributed by atoms with van der Waals surface area (Å²) in [4.78, 5) is 24.1. The van der Waals surface area contributed by atoms with Crippen LogP contribution in [-0.4, -0.2) is 45.9 Å². The molecule has 152 valence electrons. The van der Waals surface area contributed by atoms with Crippen LogP contribution < -0.4 is 15.6 Å². The maximum atomic E-state index is 13.1. The molecule has 29 heavy (non-hydrogen) atoms. The molecular weight excluding hydrogens is 366 g/mol. The van der Waals surface area contributed by atoms with Gasteiger partial charge in [0, 0.05) is 43.4 Å². The van der Waals surface area contributed by atoms with Crippen LogP contribution in [0.5, 0.6) is 11.6 Å². The van der Waals surface area contributed by atoms with E-state index in [1.54, 1.807) is 12.4 Å². The molecule has 1 saturated carbocycles. The third-order valence-corrected chi connectivity index (χ3v) is 6.53. The largest absolute Gasteiger partial charge is 0.437 e. The summed E-state index contributed by atoms with van der Waals surface area (Å²) in [7, 11) is 0. The van der Waals surface area contributed by atoms with Gasteiger partial charge in [-0.25, -0.2) is 10.4 Å². The van der Waals surface area contributed by atoms with Gasteiger partial charge >= 0.3 is 0 Å². The number of nitrogens with one attached hydrogen (secondary N) is 2. The molecule has 2 saturated heterocycles. The number of carbonyl (C=O) groups is 1. The highest BCUT2D eigenvalue weighted by atomic mass is 16.5. The normalized spacial score (nSPS) is 27.0. The molecule has 0 spiro atoms. The number of fused-ring (bicyclic) bond motifs is 1. The van der Waals surface area contributed by atoms with Gasteiger partial charge in [-0.05, 0) is 37.8 Å². The van der Waals surface area contributed by atoms with Crippen molar-refractivity contribution in [2.24, 2.45) is 5.92 Å². The summed E-state index contributed by atoms with van der Waals surface area (Å²) in [5, 5.41) is 0. The number of benzene rings is 1. The second-order valence-corrected chi connectivity index (χ2v) is 8.23. The molecule has 7 heteroatoms. The zero-order chi connectivity index (χ0) is 19.6. The third-order valence-electron chi connectivity index (χ3n) is 6.53. The predicted molar refractivity (Wildman–Crippen MR) is 108 cm³/mol. The first-order valence-corrected chi connectivity index (χ1v) is 10.6. The second kappa shape index (κ2) is 8.08. The van der Waals surface area contributed by atoms with E-state index in [0.717, 1.165) is 43.8 Å². The number of nitrogens with zero attached hydrogens (tertiary/aromatic N) is 3. The molecule has 0 radical (unpaired) electrons. The lowest BCUT2D eigenvalue weighted by atomic mass is 9.91. The number of piperidine rings is 1. The number of rotatable bonds is 4. The highest BCUT2D eigenvalue weighted by Crippen LogP contribution is 2.35. The van der Waals surface area contributed by atoms with Crippen molar-refractivity contribution in [3.05, 3.63) is 48.4 Å². The summed E-state index contributed by atoms with van der Waals surface area (Å²) < 4.78 is 5.99. The lowest BCUT2D eigenvalue weighted by Gasteiger charge is -2.34. The number of hydrogen-bond acceptors (Lipinski definition) is 6. The molecule has 2 N–H and O–H groups in total. The van der Waals surface area contributed by atoms with E-state index in [4.69, 9.17) is 4.74 Å². The van der Waals surface area contributed by atoms with Gasteiger partial charge < -0.3 is 9.64 Å². The fourth-order valence-electron chi connectivity index (χ4n) is 4.98. The van der Waals surface area contributed by atoms with Crippen molar-refractivity contribution in [3.8, 4) is 11.6 Å². The Labute approximate surface area is 170 Å². The topological polar surface area (TPSA) is 79.4 Å². The Bertz CT molecular complexity index is 853. The van der Waals surface area contributed by atoms with Gasteiger partial charge in [0.05, 0.1) is 0 Å². The molecule has 1 amide bonds. The van der Waals surface area contributed by atoms with Crippen LogP contribution in [0.15, 0.2) is 42.7 Å². The molecule has 3 atom stereocenters. The Balaban J connectivity index is 1.24. The highest BCUT2D eigenvalue weighted by molar-refractivity contribution is 5.82. The quantitative estimate of drug-likeness (QED) is 0.831. The molecule has 2 aliphatic heterocycles. The van der Waals surface area contributed by atoms with Crippen LogP contribution in [0, 0.1) is 5.92 Å². The van der Waals surface area contributed by atoms with Gasteiger partial charge in [-0.2, -0.15) is 0 Å². The lowest BCUT2D eigenvalue weighted by molar-refractivity contribution is -0.135. The summed E-state index contributed by atoms with van der Waals surface area (Å²) in [6, 6.07) is 10.1. The molecule has 7 nitrogen and oxygen atoms in total. The molecule has 3 fully saturated rings. The molecular formula is C22H27N5O2. The predicted octanol–water partition coefficient (Wildman–Crippen LogP) is 2.62. The summed E-state index contributed by atoms with van der Waals surface area (Å²) in [5.41, 5.74) is 7.46. The van der Waals surface area contributed by atoms with Gasteiger partial charge in [-0.1, -0.05) is 24.6 Å². The van der Waals surface area contributed by atoms with Crippen molar-refractivity contribution in [2.45, 2.75) is 50.1 Å². The standard InChI is InChI=1S/C22H27N5O2/c28-22(20-17-7-4-8-18(17)25-26-20)27-13-9-15(10-14-27)19-21(24-12-11-23-19)29-16-5-2-1-3-6-16/h1-3,5-6,11-12,15,17-18,20,25-26H,4,7-10,13-14H2. The van der Waals surface area contributed by atoms with Crippen molar-refractivity contribution in [3.63, 3.8) is 0 Å². The van der Waals surface area contributed by atoms with Gasteiger partial charge in [0.25, 0.3) is 0 Å². The van der Waals surface area contributed by atoms with Crippen LogP contribution in [0.4, 0.5) is 0 Å². The maximum Gasteiger partial charge on any atom is 0.241 e. The lowest BCUT2D eigenvalue weighted by Crippen LogP contribution is -2.50. The molecule has 3 heterocycles. The minimum atomic E-state index is -0.0764. The molecule has 1 aromatic carbocycles. The van der Waals surface area contributed by atoms with Gasteiger partial charge in [-0.3, -0.25) is 15.2 Å². The van der Waals surface area contributed by atoms with Crippen molar-refractivity contribution in [1.82, 2.24) is 25.7 Å². The first-order valence-electron chi connectivity index (χ1n) is 10.6. The Morgan fingerprint density at radius 1 is 1.00 bits per heavy atom. The van der Waals surface area contributed by atoms with E-state index < -0.39 is 0 Å². The van der Waals surface area contributed by atoms with E-state index in [1.165, 1.54) is 12.8 Å². The third kappa shape index (κ3) is 3.72. The Hall–Kier alpha value is -2.51. The zero-order valence-corrected chi connectivity index (χ0v) is 16.5. The van der Waals surface area contributed by atoms with Crippen LogP contribution in [0.3, 0.4) is 0 Å². The minimum Gasteiger partial charge on any atom is -0.437 e. The van der Waals surface area contributed by atoms with Crippen molar-refractivity contribution >= 4 is 5.91 Å². The Morgan fingerprint density at radius 2 is 1.79 bits per heavy atom. The smallest absolute Gasteiger partial charge is 0.241 e. The van der Waals surface area contributed by atoms with Gasteiger partial charge in [0.15, 0.2) is 0 Å². The molecule has 3 aliphatic rings. The number of para-hydroxylation sites is 1. The SMILES string of the molecule is O=C(C1NNC2CCCC21)N1CCC(c2nccnc2Oc2ccccc2)CC1. The van der Waals surface area contributed by atoms with E-state index in [1.807, 2.05) is 35.2 Å². The monoisotopic (exact) mass is 393 g/mol.